The smallest absolute Gasteiger partial charge is 0.346 e. The van der Waals surface area contributed by atoms with Crippen LogP contribution in [0.5, 0.6) is 0 Å². The third kappa shape index (κ3) is 3.83. The van der Waals surface area contributed by atoms with Crippen molar-refractivity contribution in [3.8, 4) is 0 Å². The van der Waals surface area contributed by atoms with Gasteiger partial charge in [0.1, 0.15) is 18.6 Å². The predicted octanol–water partition coefficient (Wildman–Crippen LogP) is 0.193. The van der Waals surface area contributed by atoms with Gasteiger partial charge in [0.25, 0.3) is 5.79 Å². The van der Waals surface area contributed by atoms with Crippen LogP contribution in [0.1, 0.15) is 76.4 Å². The molecule has 3 heterocycles. The summed E-state index contributed by atoms with van der Waals surface area (Å²) in [7, 11) is 0. The highest BCUT2D eigenvalue weighted by molar-refractivity contribution is 5.90. The van der Waals surface area contributed by atoms with E-state index >= 15 is 0 Å². The summed E-state index contributed by atoms with van der Waals surface area (Å²) >= 11 is 0. The zero-order valence-corrected chi connectivity index (χ0v) is 21.6. The topological polar surface area (TPSA) is 158 Å². The first-order chi connectivity index (χ1) is 16.0. The van der Waals surface area contributed by atoms with Gasteiger partial charge in [-0.2, -0.15) is 0 Å². The lowest BCUT2D eigenvalue weighted by molar-refractivity contribution is -0.623. The largest absolute Gasteiger partial charge is 0.449 e. The molecule has 4 atom stereocenters. The van der Waals surface area contributed by atoms with Gasteiger partial charge in [0.2, 0.25) is 5.66 Å². The molecule has 8 N–H and O–H groups in total. The lowest BCUT2D eigenvalue weighted by Gasteiger charge is -2.43. The number of nitrogens with two attached hydrogens (primary N) is 2. The van der Waals surface area contributed by atoms with E-state index in [1.54, 1.807) is 16.7 Å². The van der Waals surface area contributed by atoms with E-state index in [0.717, 1.165) is 11.1 Å². The molecule has 1 aromatic rings. The van der Waals surface area contributed by atoms with Crippen molar-refractivity contribution in [2.45, 2.75) is 95.4 Å². The first-order valence-corrected chi connectivity index (χ1v) is 12.1. The fourth-order valence-corrected chi connectivity index (χ4v) is 5.23. The average molecular weight is 488 g/mol. The second kappa shape index (κ2) is 7.83. The van der Waals surface area contributed by atoms with Crippen LogP contribution >= 0.6 is 0 Å². The molecule has 0 unspecified atom stereocenters. The molecule has 192 valence electrons. The monoisotopic (exact) mass is 487 g/mol. The Hall–Kier alpha value is -2.85. The van der Waals surface area contributed by atoms with Gasteiger partial charge < -0.3 is 26.0 Å². The van der Waals surface area contributed by atoms with Crippen LogP contribution in [0.15, 0.2) is 23.2 Å². The van der Waals surface area contributed by atoms with Crippen molar-refractivity contribution in [2.75, 3.05) is 6.54 Å². The Morgan fingerprint density at radius 3 is 2.23 bits per heavy atom. The standard InChI is InChI=1S/C25H38N6O4/c1-8-16-18-24(30-20(26)29-18)25(33,34)17(12-31(24)21(27)28-16)35-19(32)13-9-14(22(2,3)4)11-15(10-13)23(5,6)7/h9-11,16-18,33-34H,8,12H2,1-7H3,(H5,26,27,28,29,30)/p+1/t16-,17-,18-,24-/m0/s1. The SMILES string of the molecule is CC[C@@H]1NC(N)=[N+]2C[C@H](OC(=O)c3cc(C(C)(C)C)cc(C(C)(C)C)c3)C(O)(O)[C@@]23NC(N)=N[C@@H]13. The molecule has 1 spiro atoms. The van der Waals surface area contributed by atoms with E-state index in [4.69, 9.17) is 16.2 Å². The summed E-state index contributed by atoms with van der Waals surface area (Å²) in [5.41, 5.74) is 12.7. The number of nitrogens with zero attached hydrogens (tertiary/aromatic N) is 2. The number of esters is 1. The van der Waals surface area contributed by atoms with E-state index in [2.05, 4.69) is 63.2 Å². The van der Waals surface area contributed by atoms with E-state index in [9.17, 15) is 15.0 Å². The summed E-state index contributed by atoms with van der Waals surface area (Å²) in [5.74, 6) is -2.85. The van der Waals surface area contributed by atoms with E-state index in [1.807, 2.05) is 6.92 Å². The van der Waals surface area contributed by atoms with Crippen LogP contribution in [0.2, 0.25) is 0 Å². The van der Waals surface area contributed by atoms with Gasteiger partial charge in [0.05, 0.1) is 5.56 Å². The van der Waals surface area contributed by atoms with E-state index < -0.39 is 29.6 Å². The minimum absolute atomic E-state index is 0.0502. The number of hydrogen-bond donors (Lipinski definition) is 6. The maximum absolute atomic E-state index is 13.4. The van der Waals surface area contributed by atoms with Crippen LogP contribution < -0.4 is 22.1 Å². The van der Waals surface area contributed by atoms with Crippen molar-refractivity contribution in [3.63, 3.8) is 0 Å². The van der Waals surface area contributed by atoms with Crippen LogP contribution in [0.3, 0.4) is 0 Å². The number of benzene rings is 1. The molecule has 0 radical (unpaired) electrons. The van der Waals surface area contributed by atoms with Crippen molar-refractivity contribution < 1.29 is 24.3 Å². The number of aliphatic hydroxyl groups is 2. The highest BCUT2D eigenvalue weighted by Crippen LogP contribution is 2.43. The van der Waals surface area contributed by atoms with E-state index in [-0.39, 0.29) is 35.3 Å². The highest BCUT2D eigenvalue weighted by Gasteiger charge is 2.75. The third-order valence-electron chi connectivity index (χ3n) is 7.40. The van der Waals surface area contributed by atoms with Crippen LogP contribution in [-0.4, -0.2) is 68.9 Å². The van der Waals surface area contributed by atoms with Gasteiger partial charge in [-0.05, 0) is 40.5 Å². The van der Waals surface area contributed by atoms with Gasteiger partial charge in [0, 0.05) is 0 Å². The Bertz CT molecular complexity index is 1080. The fourth-order valence-electron chi connectivity index (χ4n) is 5.23. The third-order valence-corrected chi connectivity index (χ3v) is 7.40. The molecule has 35 heavy (non-hydrogen) atoms. The Kier molecular flexibility index (Phi) is 5.65. The Morgan fingerprint density at radius 2 is 1.71 bits per heavy atom. The molecule has 0 aromatic heterocycles. The predicted molar refractivity (Wildman–Crippen MR) is 133 cm³/mol. The zero-order chi connectivity index (χ0) is 26.1. The highest BCUT2D eigenvalue weighted by atomic mass is 16.6. The zero-order valence-electron chi connectivity index (χ0n) is 21.6. The lowest BCUT2D eigenvalue weighted by Crippen LogP contribution is -2.78. The summed E-state index contributed by atoms with van der Waals surface area (Å²) in [6.45, 7) is 14.4. The Balaban J connectivity index is 1.72. The normalized spacial score (nSPS) is 29.6. The number of nitrogens with one attached hydrogen (secondary N) is 2. The summed E-state index contributed by atoms with van der Waals surface area (Å²) in [6.07, 6.45) is -0.687. The van der Waals surface area contributed by atoms with Crippen molar-refractivity contribution in [3.05, 3.63) is 34.9 Å². The molecule has 10 nitrogen and oxygen atoms in total. The van der Waals surface area contributed by atoms with Crippen molar-refractivity contribution in [1.29, 1.82) is 0 Å². The van der Waals surface area contributed by atoms with Crippen LogP contribution in [0.25, 0.3) is 0 Å². The van der Waals surface area contributed by atoms with Gasteiger partial charge in [-0.15, -0.1) is 0 Å². The molecule has 1 saturated heterocycles. The maximum atomic E-state index is 13.4. The molecular weight excluding hydrogens is 448 g/mol. The van der Waals surface area contributed by atoms with Gasteiger partial charge in [-0.1, -0.05) is 54.5 Å². The Morgan fingerprint density at radius 1 is 1.14 bits per heavy atom. The summed E-state index contributed by atoms with van der Waals surface area (Å²) in [6, 6.07) is 4.77. The average Bonchev–Trinajstić information content (AvgIpc) is 3.21. The second-order valence-corrected chi connectivity index (χ2v) is 11.9. The molecule has 0 aliphatic carbocycles. The van der Waals surface area contributed by atoms with Gasteiger partial charge >= 0.3 is 11.9 Å². The summed E-state index contributed by atoms with van der Waals surface area (Å²) in [5, 5.41) is 29.1. The number of guanidine groups is 2. The van der Waals surface area contributed by atoms with Crippen LogP contribution in [0.4, 0.5) is 0 Å². The number of aliphatic imine (C=N–C) groups is 1. The molecule has 0 saturated carbocycles. The quantitative estimate of drug-likeness (QED) is 0.200. The number of rotatable bonds is 3. The molecule has 0 bridgehead atoms. The summed E-state index contributed by atoms with van der Waals surface area (Å²) < 4.78 is 7.34. The van der Waals surface area contributed by atoms with Gasteiger partial charge in [0.15, 0.2) is 12.1 Å². The van der Waals surface area contributed by atoms with Crippen molar-refractivity contribution >= 4 is 17.9 Å². The number of carbonyl (C=O) groups is 1. The number of ether oxygens (including phenoxy) is 1. The molecule has 1 aromatic carbocycles. The van der Waals surface area contributed by atoms with E-state index in [0.29, 0.717) is 12.0 Å². The van der Waals surface area contributed by atoms with Crippen molar-refractivity contribution in [1.82, 2.24) is 10.6 Å². The first kappa shape index (κ1) is 25.2. The molecular formula is C25H39N6O4+. The van der Waals surface area contributed by atoms with Crippen LogP contribution in [0, 0.1) is 0 Å². The fraction of sp³-hybridized carbons (Fsp3) is 0.640. The first-order valence-electron chi connectivity index (χ1n) is 12.1. The van der Waals surface area contributed by atoms with Gasteiger partial charge in [-0.25, -0.2) is 14.4 Å². The number of hydrogen-bond acceptors (Lipinski definition) is 9. The molecule has 1 fully saturated rings. The van der Waals surface area contributed by atoms with Gasteiger partial charge in [-0.3, -0.25) is 11.1 Å². The molecule has 4 rings (SSSR count). The molecule has 10 heteroatoms. The minimum atomic E-state index is -2.52. The molecule has 0 amide bonds. The summed E-state index contributed by atoms with van der Waals surface area (Å²) in [4.78, 5) is 17.8. The van der Waals surface area contributed by atoms with Crippen LogP contribution in [-0.2, 0) is 15.6 Å². The number of carbonyl (C=O) groups excluding carboxylic acids is 1. The Labute approximate surface area is 206 Å². The maximum Gasteiger partial charge on any atom is 0.346 e. The molecule has 3 aliphatic heterocycles. The second-order valence-electron chi connectivity index (χ2n) is 11.9. The van der Waals surface area contributed by atoms with E-state index in [1.165, 1.54) is 0 Å². The minimum Gasteiger partial charge on any atom is -0.449 e. The van der Waals surface area contributed by atoms with Crippen molar-refractivity contribution in [2.24, 2.45) is 16.5 Å². The lowest BCUT2D eigenvalue weighted by atomic mass is 9.79. The molecule has 3 aliphatic rings.